The lowest BCUT2D eigenvalue weighted by atomic mass is 9.96. The van der Waals surface area contributed by atoms with Crippen LogP contribution in [0.2, 0.25) is 0 Å². The third kappa shape index (κ3) is 5.10. The number of rotatable bonds is 7. The van der Waals surface area contributed by atoms with E-state index in [4.69, 9.17) is 4.74 Å². The van der Waals surface area contributed by atoms with Crippen molar-refractivity contribution in [3.8, 4) is 0 Å². The molecule has 1 unspecified atom stereocenters. The predicted molar refractivity (Wildman–Crippen MR) is 127 cm³/mol. The van der Waals surface area contributed by atoms with Gasteiger partial charge in [0.2, 0.25) is 5.91 Å². The molecule has 31 heavy (non-hydrogen) atoms. The molecular weight excluding hydrogens is 386 g/mol. The van der Waals surface area contributed by atoms with Crippen molar-refractivity contribution in [1.82, 2.24) is 4.90 Å². The number of methoxy groups -OCH3 is 1. The van der Waals surface area contributed by atoms with Gasteiger partial charge < -0.3 is 19.4 Å². The van der Waals surface area contributed by atoms with Crippen LogP contribution in [0.5, 0.6) is 0 Å². The van der Waals surface area contributed by atoms with Crippen molar-refractivity contribution in [3.05, 3.63) is 59.7 Å². The van der Waals surface area contributed by atoms with Crippen LogP contribution in [0, 0.1) is 5.92 Å². The Morgan fingerprint density at radius 1 is 1.00 bits per heavy atom. The fourth-order valence-corrected chi connectivity index (χ4v) is 4.72. The first-order valence-electron chi connectivity index (χ1n) is 11.5. The third-order valence-corrected chi connectivity index (χ3v) is 6.79. The van der Waals surface area contributed by atoms with E-state index in [0.29, 0.717) is 0 Å². The molecule has 1 amide bonds. The number of carbonyl (C=O) groups is 1. The monoisotopic (exact) mass is 421 g/mol. The molecule has 0 N–H and O–H groups in total. The lowest BCUT2D eigenvalue weighted by molar-refractivity contribution is -0.120. The smallest absolute Gasteiger partial charge is 0.230 e. The summed E-state index contributed by atoms with van der Waals surface area (Å²) in [5.41, 5.74) is 4.85. The molecule has 0 aromatic heterocycles. The summed E-state index contributed by atoms with van der Waals surface area (Å²) in [6.45, 7) is 7.14. The summed E-state index contributed by atoms with van der Waals surface area (Å²) in [6, 6.07) is 17.0. The fourth-order valence-electron chi connectivity index (χ4n) is 4.72. The van der Waals surface area contributed by atoms with Crippen molar-refractivity contribution < 1.29 is 9.53 Å². The highest BCUT2D eigenvalue weighted by Gasteiger charge is 2.33. The molecule has 2 saturated heterocycles. The normalized spacial score (nSPS) is 21.0. The van der Waals surface area contributed by atoms with Gasteiger partial charge in [0.25, 0.3) is 0 Å². The van der Waals surface area contributed by atoms with Crippen LogP contribution in [-0.2, 0) is 22.4 Å². The number of hydrogen-bond donors (Lipinski definition) is 0. The van der Waals surface area contributed by atoms with Crippen LogP contribution in [0.25, 0.3) is 0 Å². The molecule has 4 rings (SSSR count). The van der Waals surface area contributed by atoms with Crippen molar-refractivity contribution >= 4 is 17.3 Å². The molecule has 166 valence electrons. The van der Waals surface area contributed by atoms with Crippen LogP contribution in [0.1, 0.15) is 24.5 Å². The van der Waals surface area contributed by atoms with E-state index in [2.05, 4.69) is 72.3 Å². The molecule has 0 saturated carbocycles. The second kappa shape index (κ2) is 9.84. The summed E-state index contributed by atoms with van der Waals surface area (Å²) < 4.78 is 5.36. The van der Waals surface area contributed by atoms with Gasteiger partial charge in [-0.3, -0.25) is 4.79 Å². The zero-order valence-electron chi connectivity index (χ0n) is 19.1. The van der Waals surface area contributed by atoms with Crippen molar-refractivity contribution in [3.63, 3.8) is 0 Å². The molecule has 0 radical (unpaired) electrons. The maximum absolute atomic E-state index is 13.2. The number of piperazine rings is 1. The number of nitrogens with zero attached hydrogens (tertiary/aromatic N) is 3. The van der Waals surface area contributed by atoms with Crippen molar-refractivity contribution in [2.75, 3.05) is 56.7 Å². The second-order valence-electron chi connectivity index (χ2n) is 9.02. The standard InChI is InChI=1S/C26H35N3O2/c1-20(31-3)18-21-8-10-24(11-9-21)29-13-12-23(26(29)30)19-22-6-4-5-7-25(22)28-16-14-27(2)15-17-28/h4-11,20,23H,12-19H2,1-3H3/t20-,23?/m0/s1. The van der Waals surface area contributed by atoms with Gasteiger partial charge in [-0.2, -0.15) is 0 Å². The van der Waals surface area contributed by atoms with Crippen molar-refractivity contribution in [1.29, 1.82) is 0 Å². The molecule has 2 aliphatic rings. The highest BCUT2D eigenvalue weighted by molar-refractivity contribution is 5.97. The molecule has 2 aromatic carbocycles. The first-order chi connectivity index (χ1) is 15.0. The molecule has 0 spiro atoms. The summed E-state index contributed by atoms with van der Waals surface area (Å²) in [7, 11) is 3.92. The molecule has 0 aliphatic carbocycles. The van der Waals surface area contributed by atoms with Crippen molar-refractivity contribution in [2.45, 2.75) is 32.3 Å². The number of anilines is 2. The number of amides is 1. The average molecular weight is 422 g/mol. The highest BCUT2D eigenvalue weighted by Crippen LogP contribution is 2.31. The fraction of sp³-hybridized carbons (Fsp3) is 0.500. The third-order valence-electron chi connectivity index (χ3n) is 6.79. The Hall–Kier alpha value is -2.37. The van der Waals surface area contributed by atoms with Gasteiger partial charge in [-0.1, -0.05) is 30.3 Å². The van der Waals surface area contributed by atoms with Gasteiger partial charge in [0.05, 0.1) is 6.10 Å². The van der Waals surface area contributed by atoms with E-state index < -0.39 is 0 Å². The number of carbonyl (C=O) groups excluding carboxylic acids is 1. The van der Waals surface area contributed by atoms with E-state index >= 15 is 0 Å². The lowest BCUT2D eigenvalue weighted by Gasteiger charge is -2.35. The van der Waals surface area contributed by atoms with Gasteiger partial charge >= 0.3 is 0 Å². The van der Waals surface area contributed by atoms with Gasteiger partial charge in [-0.15, -0.1) is 0 Å². The van der Waals surface area contributed by atoms with Gasteiger partial charge in [0.1, 0.15) is 0 Å². The van der Waals surface area contributed by atoms with E-state index in [1.54, 1.807) is 7.11 Å². The molecular formula is C26H35N3O2. The second-order valence-corrected chi connectivity index (χ2v) is 9.02. The molecule has 2 aromatic rings. The highest BCUT2D eigenvalue weighted by atomic mass is 16.5. The summed E-state index contributed by atoms with van der Waals surface area (Å²) in [5.74, 6) is 0.313. The van der Waals surface area contributed by atoms with Gasteiger partial charge in [0.15, 0.2) is 0 Å². The molecule has 2 aliphatic heterocycles. The van der Waals surface area contributed by atoms with Crippen LogP contribution in [0.15, 0.2) is 48.5 Å². The van der Waals surface area contributed by atoms with E-state index in [-0.39, 0.29) is 17.9 Å². The van der Waals surface area contributed by atoms with Gasteiger partial charge in [0, 0.05) is 57.1 Å². The Bertz CT molecular complexity index is 874. The Kier molecular flexibility index (Phi) is 6.93. The maximum Gasteiger partial charge on any atom is 0.230 e. The Labute approximate surface area is 186 Å². The van der Waals surface area contributed by atoms with E-state index in [0.717, 1.165) is 57.7 Å². The first-order valence-corrected chi connectivity index (χ1v) is 11.5. The van der Waals surface area contributed by atoms with Crippen molar-refractivity contribution in [2.24, 2.45) is 5.92 Å². The average Bonchev–Trinajstić information content (AvgIpc) is 3.15. The minimum Gasteiger partial charge on any atom is -0.381 e. The molecule has 0 bridgehead atoms. The Morgan fingerprint density at radius 2 is 1.71 bits per heavy atom. The molecule has 5 nitrogen and oxygen atoms in total. The first kappa shape index (κ1) is 21.8. The maximum atomic E-state index is 13.2. The van der Waals surface area contributed by atoms with E-state index in [9.17, 15) is 4.79 Å². The summed E-state index contributed by atoms with van der Waals surface area (Å²) in [4.78, 5) is 20.1. The molecule has 2 fully saturated rings. The van der Waals surface area contributed by atoms with Crippen LogP contribution in [-0.4, -0.2) is 63.8 Å². The Morgan fingerprint density at radius 3 is 2.42 bits per heavy atom. The predicted octanol–water partition coefficient (Wildman–Crippen LogP) is 3.61. The summed E-state index contributed by atoms with van der Waals surface area (Å²) in [6.07, 6.45) is 2.82. The van der Waals surface area contributed by atoms with Crippen LogP contribution in [0.4, 0.5) is 11.4 Å². The quantitative estimate of drug-likeness (QED) is 0.684. The summed E-state index contributed by atoms with van der Waals surface area (Å²) in [5, 5.41) is 0. The lowest BCUT2D eigenvalue weighted by Crippen LogP contribution is -2.44. The van der Waals surface area contributed by atoms with E-state index in [1.165, 1.54) is 16.8 Å². The van der Waals surface area contributed by atoms with Crippen LogP contribution in [0.3, 0.4) is 0 Å². The zero-order valence-corrected chi connectivity index (χ0v) is 19.1. The van der Waals surface area contributed by atoms with Gasteiger partial charge in [-0.05, 0) is 62.6 Å². The zero-order chi connectivity index (χ0) is 21.8. The number of ether oxygens (including phenoxy) is 1. The number of benzene rings is 2. The SMILES string of the molecule is CO[C@@H](C)Cc1ccc(N2CCC(Cc3ccccc3N3CCN(C)CC3)C2=O)cc1. The van der Waals surface area contributed by atoms with Crippen LogP contribution < -0.4 is 9.80 Å². The largest absolute Gasteiger partial charge is 0.381 e. The van der Waals surface area contributed by atoms with Crippen LogP contribution >= 0.6 is 0 Å². The molecule has 5 heteroatoms. The van der Waals surface area contributed by atoms with Gasteiger partial charge in [-0.25, -0.2) is 0 Å². The minimum absolute atomic E-state index is 0.0572. The minimum atomic E-state index is 0.0572. The topological polar surface area (TPSA) is 36.0 Å². The Balaban J connectivity index is 1.42. The molecule has 2 heterocycles. The molecule has 2 atom stereocenters. The number of para-hydroxylation sites is 1. The number of likely N-dealkylation sites (N-methyl/N-ethyl adjacent to an activating group) is 1. The number of hydrogen-bond acceptors (Lipinski definition) is 4. The summed E-state index contributed by atoms with van der Waals surface area (Å²) >= 11 is 0. The van der Waals surface area contributed by atoms with E-state index in [1.807, 2.05) is 4.90 Å².